The number of aliphatic hydroxyl groups is 1. The lowest BCUT2D eigenvalue weighted by Gasteiger charge is -2.37. The van der Waals surface area contributed by atoms with Gasteiger partial charge in [0.2, 0.25) is 5.91 Å². The van der Waals surface area contributed by atoms with Crippen LogP contribution in [0.1, 0.15) is 26.7 Å². The molecule has 0 aromatic carbocycles. The number of β-amino-alcohol motifs (C(OH)–C–C–N with tert-alkyl or cyclic N) is 1. The molecule has 0 saturated carbocycles. The fourth-order valence-electron chi connectivity index (χ4n) is 3.28. The highest BCUT2D eigenvalue weighted by atomic mass is 16.3. The molecule has 0 radical (unpaired) electrons. The molecule has 0 bridgehead atoms. The van der Waals surface area contributed by atoms with Gasteiger partial charge in [-0.3, -0.25) is 19.4 Å². The molecule has 130 valence electrons. The first-order valence-electron chi connectivity index (χ1n) is 8.22. The van der Waals surface area contributed by atoms with Gasteiger partial charge in [-0.25, -0.2) is 4.79 Å². The van der Waals surface area contributed by atoms with Crippen molar-refractivity contribution in [1.29, 1.82) is 0 Å². The molecule has 2 heterocycles. The van der Waals surface area contributed by atoms with Gasteiger partial charge in [-0.15, -0.1) is 0 Å². The van der Waals surface area contributed by atoms with Crippen molar-refractivity contribution >= 4 is 17.8 Å². The van der Waals surface area contributed by atoms with Gasteiger partial charge in [0.05, 0.1) is 19.7 Å². The Balaban J connectivity index is 1.92. The van der Waals surface area contributed by atoms with Crippen molar-refractivity contribution in [2.45, 2.75) is 32.2 Å². The molecule has 2 aliphatic rings. The minimum absolute atomic E-state index is 0.0244. The Morgan fingerprint density at radius 2 is 1.87 bits per heavy atom. The van der Waals surface area contributed by atoms with Gasteiger partial charge in [0.25, 0.3) is 5.91 Å². The number of amides is 4. The van der Waals surface area contributed by atoms with Crippen LogP contribution in [0.5, 0.6) is 0 Å². The van der Waals surface area contributed by atoms with Gasteiger partial charge in [0.15, 0.2) is 0 Å². The summed E-state index contributed by atoms with van der Waals surface area (Å²) in [5.41, 5.74) is -0.860. The van der Waals surface area contributed by atoms with Crippen LogP contribution >= 0.6 is 0 Å². The first-order chi connectivity index (χ1) is 11.0. The summed E-state index contributed by atoms with van der Waals surface area (Å²) in [4.78, 5) is 41.4. The van der Waals surface area contributed by atoms with Crippen LogP contribution < -0.4 is 5.32 Å². The molecule has 0 aromatic heterocycles. The minimum Gasteiger partial charge on any atom is -0.395 e. The third-order valence-corrected chi connectivity index (χ3v) is 4.75. The van der Waals surface area contributed by atoms with Crippen LogP contribution in [-0.4, -0.2) is 89.1 Å². The molecule has 1 spiro atoms. The summed E-state index contributed by atoms with van der Waals surface area (Å²) in [5.74, 6) is -0.166. The Labute approximate surface area is 136 Å². The molecule has 2 N–H and O–H groups in total. The van der Waals surface area contributed by atoms with Crippen molar-refractivity contribution in [2.24, 2.45) is 0 Å². The Hall–Kier alpha value is -1.67. The summed E-state index contributed by atoms with van der Waals surface area (Å²) in [5, 5.41) is 11.7. The van der Waals surface area contributed by atoms with Crippen molar-refractivity contribution in [2.75, 3.05) is 45.9 Å². The zero-order valence-corrected chi connectivity index (χ0v) is 13.9. The average Bonchev–Trinajstić information content (AvgIpc) is 2.76. The van der Waals surface area contributed by atoms with Crippen LogP contribution in [0.15, 0.2) is 0 Å². The zero-order valence-electron chi connectivity index (χ0n) is 13.9. The molecule has 8 heteroatoms. The zero-order chi connectivity index (χ0) is 17.0. The van der Waals surface area contributed by atoms with Crippen molar-refractivity contribution in [3.05, 3.63) is 0 Å². The van der Waals surface area contributed by atoms with E-state index in [2.05, 4.69) is 5.32 Å². The van der Waals surface area contributed by atoms with Gasteiger partial charge >= 0.3 is 6.03 Å². The summed E-state index contributed by atoms with van der Waals surface area (Å²) in [7, 11) is 0. The van der Waals surface area contributed by atoms with E-state index in [4.69, 9.17) is 5.11 Å². The molecule has 0 unspecified atom stereocenters. The molecule has 2 saturated heterocycles. The molecule has 23 heavy (non-hydrogen) atoms. The number of urea groups is 1. The van der Waals surface area contributed by atoms with Gasteiger partial charge in [0, 0.05) is 26.2 Å². The van der Waals surface area contributed by atoms with E-state index < -0.39 is 11.6 Å². The molecule has 4 amide bonds. The van der Waals surface area contributed by atoms with E-state index in [1.165, 1.54) is 0 Å². The van der Waals surface area contributed by atoms with E-state index in [0.717, 1.165) is 4.90 Å². The Bertz CT molecular complexity index is 470. The van der Waals surface area contributed by atoms with E-state index in [1.54, 1.807) is 4.90 Å². The SMILES string of the molecule is CCN(CC)C(=O)CN1CCC2(CC1)NC(=O)N(CCO)C2=O. The third-order valence-electron chi connectivity index (χ3n) is 4.75. The summed E-state index contributed by atoms with van der Waals surface area (Å²) < 4.78 is 0. The second-order valence-corrected chi connectivity index (χ2v) is 6.03. The summed E-state index contributed by atoms with van der Waals surface area (Å²) in [6, 6.07) is -0.434. The van der Waals surface area contributed by atoms with Crippen LogP contribution in [0.2, 0.25) is 0 Å². The number of nitrogens with one attached hydrogen (secondary N) is 1. The maximum Gasteiger partial charge on any atom is 0.325 e. The van der Waals surface area contributed by atoms with Crippen molar-refractivity contribution < 1.29 is 19.5 Å². The van der Waals surface area contributed by atoms with Gasteiger partial charge in [-0.1, -0.05) is 0 Å². The third kappa shape index (κ3) is 3.48. The fraction of sp³-hybridized carbons (Fsp3) is 0.800. The standard InChI is InChI=1S/C15H26N4O4/c1-3-18(4-2)12(21)11-17-7-5-15(6-8-17)13(22)19(9-10-20)14(23)16-15/h20H,3-11H2,1-2H3,(H,16,23). The number of aliphatic hydroxyl groups excluding tert-OH is 1. The Kier molecular flexibility index (Phi) is 5.59. The summed E-state index contributed by atoms with van der Waals surface area (Å²) >= 11 is 0. The smallest absolute Gasteiger partial charge is 0.325 e. The molecular weight excluding hydrogens is 300 g/mol. The van der Waals surface area contributed by atoms with E-state index in [1.807, 2.05) is 18.7 Å². The normalized spacial score (nSPS) is 20.9. The first kappa shape index (κ1) is 17.7. The van der Waals surface area contributed by atoms with Crippen LogP contribution in [0, 0.1) is 0 Å². The number of likely N-dealkylation sites (tertiary alicyclic amines) is 1. The number of imide groups is 1. The number of rotatable bonds is 6. The highest BCUT2D eigenvalue weighted by Gasteiger charge is 2.52. The summed E-state index contributed by atoms with van der Waals surface area (Å²) in [6.07, 6.45) is 0.982. The monoisotopic (exact) mass is 326 g/mol. The molecule has 2 rings (SSSR count). The highest BCUT2D eigenvalue weighted by Crippen LogP contribution is 2.29. The lowest BCUT2D eigenvalue weighted by Crippen LogP contribution is -2.56. The Morgan fingerprint density at radius 3 is 2.39 bits per heavy atom. The number of hydrogen-bond acceptors (Lipinski definition) is 5. The lowest BCUT2D eigenvalue weighted by molar-refractivity contribution is -0.134. The number of nitrogens with zero attached hydrogens (tertiary/aromatic N) is 3. The van der Waals surface area contributed by atoms with E-state index in [-0.39, 0.29) is 25.0 Å². The largest absolute Gasteiger partial charge is 0.395 e. The predicted molar refractivity (Wildman–Crippen MR) is 83.7 cm³/mol. The molecule has 2 aliphatic heterocycles. The quantitative estimate of drug-likeness (QED) is 0.626. The van der Waals surface area contributed by atoms with E-state index in [9.17, 15) is 14.4 Å². The highest BCUT2D eigenvalue weighted by molar-refractivity contribution is 6.07. The number of hydrogen-bond donors (Lipinski definition) is 2. The number of piperidine rings is 1. The van der Waals surface area contributed by atoms with Gasteiger partial charge < -0.3 is 15.3 Å². The van der Waals surface area contributed by atoms with Crippen molar-refractivity contribution in [3.63, 3.8) is 0 Å². The predicted octanol–water partition coefficient (Wildman–Crippen LogP) is -0.766. The van der Waals surface area contributed by atoms with Gasteiger partial charge in [0.1, 0.15) is 5.54 Å². The van der Waals surface area contributed by atoms with E-state index in [0.29, 0.717) is 45.6 Å². The van der Waals surface area contributed by atoms with Crippen LogP contribution in [0.25, 0.3) is 0 Å². The number of carbonyl (C=O) groups is 3. The van der Waals surface area contributed by atoms with Crippen LogP contribution in [0.3, 0.4) is 0 Å². The maximum absolute atomic E-state index is 12.5. The maximum atomic E-state index is 12.5. The van der Waals surface area contributed by atoms with Crippen molar-refractivity contribution in [1.82, 2.24) is 20.0 Å². The molecule has 0 aromatic rings. The van der Waals surface area contributed by atoms with Crippen molar-refractivity contribution in [3.8, 4) is 0 Å². The second-order valence-electron chi connectivity index (χ2n) is 6.03. The van der Waals surface area contributed by atoms with Gasteiger partial charge in [-0.2, -0.15) is 0 Å². The lowest BCUT2D eigenvalue weighted by atomic mass is 9.87. The van der Waals surface area contributed by atoms with Gasteiger partial charge in [-0.05, 0) is 26.7 Å². The Morgan fingerprint density at radius 1 is 1.26 bits per heavy atom. The van der Waals surface area contributed by atoms with Crippen LogP contribution in [0.4, 0.5) is 4.79 Å². The second kappa shape index (κ2) is 7.27. The number of carbonyl (C=O) groups excluding carboxylic acids is 3. The minimum atomic E-state index is -0.860. The fourth-order valence-corrected chi connectivity index (χ4v) is 3.28. The molecule has 0 atom stereocenters. The molecule has 2 fully saturated rings. The molecule has 8 nitrogen and oxygen atoms in total. The van der Waals surface area contributed by atoms with Crippen LogP contribution in [-0.2, 0) is 9.59 Å². The van der Waals surface area contributed by atoms with E-state index >= 15 is 0 Å². The average molecular weight is 326 g/mol. The number of likely N-dealkylation sites (N-methyl/N-ethyl adjacent to an activating group) is 1. The first-order valence-corrected chi connectivity index (χ1v) is 8.22. The molecule has 0 aliphatic carbocycles. The summed E-state index contributed by atoms with van der Waals surface area (Å²) in [6.45, 7) is 6.61. The topological polar surface area (TPSA) is 93.2 Å². The molecular formula is C15H26N4O4.